The zero-order valence-corrected chi connectivity index (χ0v) is 14.4. The average Bonchev–Trinajstić information content (AvgIpc) is 3.34. The Labute approximate surface area is 144 Å². The molecule has 0 amide bonds. The number of nitrogens with two attached hydrogens (primary N) is 1. The van der Waals surface area contributed by atoms with Gasteiger partial charge in [0.05, 0.1) is 6.61 Å². The van der Waals surface area contributed by atoms with Crippen molar-refractivity contribution in [2.45, 2.75) is 51.2 Å². The van der Waals surface area contributed by atoms with Crippen LogP contribution in [0.4, 0.5) is 0 Å². The number of rotatable bonds is 6. The van der Waals surface area contributed by atoms with Crippen molar-refractivity contribution in [2.24, 2.45) is 5.73 Å². The summed E-state index contributed by atoms with van der Waals surface area (Å²) in [7, 11) is 0. The largest absolute Gasteiger partial charge is 0.325 e. The molecule has 0 bridgehead atoms. The second-order valence-corrected chi connectivity index (χ2v) is 7.29. The van der Waals surface area contributed by atoms with Crippen molar-refractivity contribution in [1.29, 1.82) is 0 Å². The van der Waals surface area contributed by atoms with Gasteiger partial charge in [-0.05, 0) is 59.9 Å². The van der Waals surface area contributed by atoms with Gasteiger partial charge in [-0.25, -0.2) is 0 Å². The lowest BCUT2D eigenvalue weighted by molar-refractivity contribution is -0.169. The van der Waals surface area contributed by atoms with Crippen LogP contribution >= 0.6 is 0 Å². The molecule has 2 aliphatic rings. The molecule has 1 aliphatic heterocycles. The SMILES string of the molecule is Cc1cc(C2CC2)ccc1CC(N)CON1Cc2ccccc2C1. The van der Waals surface area contributed by atoms with E-state index in [0.29, 0.717) is 6.61 Å². The summed E-state index contributed by atoms with van der Waals surface area (Å²) in [6.07, 6.45) is 3.58. The number of benzene rings is 2. The molecule has 4 rings (SSSR count). The van der Waals surface area contributed by atoms with Crippen LogP contribution in [0.3, 0.4) is 0 Å². The number of aryl methyl sites for hydroxylation is 1. The monoisotopic (exact) mass is 322 g/mol. The van der Waals surface area contributed by atoms with Crippen molar-refractivity contribution < 1.29 is 4.84 Å². The van der Waals surface area contributed by atoms with Gasteiger partial charge in [-0.3, -0.25) is 4.84 Å². The van der Waals surface area contributed by atoms with E-state index >= 15 is 0 Å². The van der Waals surface area contributed by atoms with Crippen molar-refractivity contribution in [2.75, 3.05) is 6.61 Å². The minimum Gasteiger partial charge on any atom is -0.325 e. The molecular formula is C21H26N2O. The van der Waals surface area contributed by atoms with E-state index in [1.54, 1.807) is 0 Å². The summed E-state index contributed by atoms with van der Waals surface area (Å²) in [5, 5.41) is 2.02. The zero-order chi connectivity index (χ0) is 16.5. The molecule has 1 atom stereocenters. The van der Waals surface area contributed by atoms with E-state index in [1.807, 2.05) is 5.06 Å². The summed E-state index contributed by atoms with van der Waals surface area (Å²) >= 11 is 0. The molecule has 1 aliphatic carbocycles. The molecule has 2 N–H and O–H groups in total. The first-order valence-corrected chi connectivity index (χ1v) is 8.98. The number of hydrogen-bond donors (Lipinski definition) is 1. The van der Waals surface area contributed by atoms with Gasteiger partial charge in [0, 0.05) is 19.1 Å². The van der Waals surface area contributed by atoms with E-state index in [4.69, 9.17) is 10.6 Å². The Morgan fingerprint density at radius 2 is 1.83 bits per heavy atom. The molecule has 0 saturated heterocycles. The predicted octanol–water partition coefficient (Wildman–Crippen LogP) is 3.69. The Balaban J connectivity index is 1.29. The lowest BCUT2D eigenvalue weighted by Gasteiger charge is -2.19. The first-order valence-electron chi connectivity index (χ1n) is 8.98. The molecule has 126 valence electrons. The van der Waals surface area contributed by atoms with Crippen LogP contribution in [0.1, 0.15) is 46.6 Å². The van der Waals surface area contributed by atoms with Crippen LogP contribution < -0.4 is 5.73 Å². The average molecular weight is 322 g/mol. The molecule has 1 fully saturated rings. The molecule has 1 heterocycles. The smallest absolute Gasteiger partial charge is 0.0839 e. The van der Waals surface area contributed by atoms with Gasteiger partial charge in [-0.1, -0.05) is 42.5 Å². The Kier molecular flexibility index (Phi) is 4.40. The van der Waals surface area contributed by atoms with Gasteiger partial charge < -0.3 is 5.73 Å². The molecule has 1 saturated carbocycles. The predicted molar refractivity (Wildman–Crippen MR) is 96.5 cm³/mol. The standard InChI is InChI=1S/C21H26N2O/c1-15-10-18(16-6-7-16)9-8-17(15)11-21(22)14-24-23-12-19-4-2-3-5-20(19)13-23/h2-5,8-10,16,21H,6-7,11-14,22H2,1H3. The maximum absolute atomic E-state index is 6.32. The highest BCUT2D eigenvalue weighted by Crippen LogP contribution is 2.40. The van der Waals surface area contributed by atoms with Gasteiger partial charge in [0.15, 0.2) is 0 Å². The molecule has 1 unspecified atom stereocenters. The minimum absolute atomic E-state index is 0.0270. The Bertz CT molecular complexity index is 699. The van der Waals surface area contributed by atoms with Crippen LogP contribution in [0.15, 0.2) is 42.5 Å². The molecule has 24 heavy (non-hydrogen) atoms. The Morgan fingerprint density at radius 3 is 2.46 bits per heavy atom. The first-order chi connectivity index (χ1) is 11.7. The van der Waals surface area contributed by atoms with Crippen molar-refractivity contribution in [3.63, 3.8) is 0 Å². The van der Waals surface area contributed by atoms with Crippen LogP contribution in [0.5, 0.6) is 0 Å². The van der Waals surface area contributed by atoms with Crippen LogP contribution in [0.2, 0.25) is 0 Å². The summed E-state index contributed by atoms with van der Waals surface area (Å²) in [6, 6.07) is 15.4. The minimum atomic E-state index is 0.0270. The fourth-order valence-corrected chi connectivity index (χ4v) is 3.55. The Morgan fingerprint density at radius 1 is 1.12 bits per heavy atom. The van der Waals surface area contributed by atoms with Crippen LogP contribution in [-0.2, 0) is 24.3 Å². The van der Waals surface area contributed by atoms with Crippen LogP contribution in [0.25, 0.3) is 0 Å². The van der Waals surface area contributed by atoms with Gasteiger partial charge in [0.1, 0.15) is 0 Å². The second-order valence-electron chi connectivity index (χ2n) is 7.29. The third kappa shape index (κ3) is 3.54. The molecule has 2 aromatic rings. The van der Waals surface area contributed by atoms with E-state index in [0.717, 1.165) is 25.4 Å². The number of hydroxylamine groups is 2. The molecule has 0 radical (unpaired) electrons. The van der Waals surface area contributed by atoms with Crippen molar-refractivity contribution in [1.82, 2.24) is 5.06 Å². The summed E-state index contributed by atoms with van der Waals surface area (Å²) < 4.78 is 0. The van der Waals surface area contributed by atoms with Crippen LogP contribution in [0, 0.1) is 6.92 Å². The quantitative estimate of drug-likeness (QED) is 0.881. The summed E-state index contributed by atoms with van der Waals surface area (Å²) in [5.74, 6) is 0.812. The van der Waals surface area contributed by atoms with E-state index in [2.05, 4.69) is 49.4 Å². The van der Waals surface area contributed by atoms with Gasteiger partial charge in [-0.2, -0.15) is 5.06 Å². The molecular weight excluding hydrogens is 296 g/mol. The second kappa shape index (κ2) is 6.67. The number of nitrogens with zero attached hydrogens (tertiary/aromatic N) is 1. The van der Waals surface area contributed by atoms with Gasteiger partial charge in [0.2, 0.25) is 0 Å². The molecule has 2 aromatic carbocycles. The molecule has 0 spiro atoms. The van der Waals surface area contributed by atoms with Crippen LogP contribution in [-0.4, -0.2) is 17.7 Å². The lowest BCUT2D eigenvalue weighted by atomic mass is 9.98. The Hall–Kier alpha value is -1.68. The van der Waals surface area contributed by atoms with E-state index in [1.165, 1.54) is 40.7 Å². The third-order valence-corrected chi connectivity index (χ3v) is 5.18. The van der Waals surface area contributed by atoms with E-state index in [-0.39, 0.29) is 6.04 Å². The molecule has 0 aromatic heterocycles. The molecule has 3 nitrogen and oxygen atoms in total. The summed E-state index contributed by atoms with van der Waals surface area (Å²) in [4.78, 5) is 5.94. The highest BCUT2D eigenvalue weighted by atomic mass is 16.7. The van der Waals surface area contributed by atoms with Gasteiger partial charge in [0.25, 0.3) is 0 Å². The van der Waals surface area contributed by atoms with E-state index in [9.17, 15) is 0 Å². The third-order valence-electron chi connectivity index (χ3n) is 5.18. The van der Waals surface area contributed by atoms with E-state index < -0.39 is 0 Å². The normalized spacial score (nSPS) is 18.6. The van der Waals surface area contributed by atoms with Gasteiger partial charge in [-0.15, -0.1) is 0 Å². The maximum atomic E-state index is 6.32. The van der Waals surface area contributed by atoms with Crippen molar-refractivity contribution in [3.05, 3.63) is 70.3 Å². The molecule has 3 heteroatoms. The number of fused-ring (bicyclic) bond motifs is 1. The lowest BCUT2D eigenvalue weighted by Crippen LogP contribution is -2.32. The van der Waals surface area contributed by atoms with Crippen molar-refractivity contribution >= 4 is 0 Å². The first kappa shape index (κ1) is 15.8. The maximum Gasteiger partial charge on any atom is 0.0839 e. The highest BCUT2D eigenvalue weighted by molar-refractivity contribution is 5.35. The zero-order valence-electron chi connectivity index (χ0n) is 14.4. The van der Waals surface area contributed by atoms with Crippen molar-refractivity contribution in [3.8, 4) is 0 Å². The summed E-state index contributed by atoms with van der Waals surface area (Å²) in [6.45, 7) is 4.49. The summed E-state index contributed by atoms with van der Waals surface area (Å²) in [5.41, 5.74) is 13.2. The fraction of sp³-hybridized carbons (Fsp3) is 0.429. The highest BCUT2D eigenvalue weighted by Gasteiger charge is 2.24. The fourth-order valence-electron chi connectivity index (χ4n) is 3.55. The topological polar surface area (TPSA) is 38.5 Å². The van der Waals surface area contributed by atoms with Gasteiger partial charge >= 0.3 is 0 Å². The number of hydrogen-bond acceptors (Lipinski definition) is 3.